The molecule has 1 rings (SSSR count). The van der Waals surface area contributed by atoms with Gasteiger partial charge in [-0.1, -0.05) is 11.8 Å². The highest BCUT2D eigenvalue weighted by Gasteiger charge is 2.22. The minimum absolute atomic E-state index is 0.0733. The number of carbonyl (C=O) groups is 1. The van der Waals surface area contributed by atoms with Gasteiger partial charge in [0, 0.05) is 25.6 Å². The molecule has 0 aliphatic rings. The van der Waals surface area contributed by atoms with Crippen molar-refractivity contribution in [3.63, 3.8) is 0 Å². The van der Waals surface area contributed by atoms with Crippen molar-refractivity contribution in [3.05, 3.63) is 35.1 Å². The lowest BCUT2D eigenvalue weighted by atomic mass is 10.0. The summed E-state index contributed by atoms with van der Waals surface area (Å²) in [7, 11) is 1.54. The molecule has 21 heavy (non-hydrogen) atoms. The first-order valence-electron chi connectivity index (χ1n) is 6.62. The second-order valence-corrected chi connectivity index (χ2v) is 5.44. The number of halogens is 1. The summed E-state index contributed by atoms with van der Waals surface area (Å²) in [4.78, 5) is 13.7. The quantitative estimate of drug-likeness (QED) is 0.825. The molecule has 1 amide bonds. The van der Waals surface area contributed by atoms with Gasteiger partial charge in [-0.05, 0) is 32.0 Å². The summed E-state index contributed by atoms with van der Waals surface area (Å²) in [5.41, 5.74) is -0.495. The van der Waals surface area contributed by atoms with Crippen LogP contribution in [0.1, 0.15) is 36.2 Å². The zero-order valence-corrected chi connectivity index (χ0v) is 12.5. The first-order chi connectivity index (χ1) is 9.74. The Morgan fingerprint density at radius 3 is 2.67 bits per heavy atom. The summed E-state index contributed by atoms with van der Waals surface area (Å²) in [6.45, 7) is 3.22. The van der Waals surface area contributed by atoms with E-state index in [1.54, 1.807) is 13.8 Å². The maximum absolute atomic E-state index is 13.4. The van der Waals surface area contributed by atoms with E-state index in [-0.39, 0.29) is 25.1 Å². The Morgan fingerprint density at radius 1 is 1.43 bits per heavy atom. The predicted octanol–water partition coefficient (Wildman–Crippen LogP) is 1.40. The molecular weight excluding hydrogens is 273 g/mol. The van der Waals surface area contributed by atoms with Crippen LogP contribution in [-0.4, -0.2) is 46.8 Å². The molecule has 0 atom stereocenters. The number of carbonyl (C=O) groups excluding carboxylic acids is 1. The van der Waals surface area contributed by atoms with Gasteiger partial charge in [0.1, 0.15) is 5.82 Å². The molecule has 0 saturated heterocycles. The molecule has 4 nitrogen and oxygen atoms in total. The van der Waals surface area contributed by atoms with Crippen LogP contribution in [0.2, 0.25) is 0 Å². The van der Waals surface area contributed by atoms with Crippen molar-refractivity contribution in [1.82, 2.24) is 4.90 Å². The normalized spacial score (nSPS) is 10.8. The number of rotatable bonds is 4. The van der Waals surface area contributed by atoms with Crippen LogP contribution < -0.4 is 0 Å². The summed E-state index contributed by atoms with van der Waals surface area (Å²) in [6, 6.07) is 3.80. The van der Waals surface area contributed by atoms with Gasteiger partial charge in [0.05, 0.1) is 17.8 Å². The molecule has 0 aliphatic carbocycles. The molecule has 0 fully saturated rings. The van der Waals surface area contributed by atoms with Gasteiger partial charge < -0.3 is 15.1 Å². The second kappa shape index (κ2) is 7.21. The van der Waals surface area contributed by atoms with Crippen LogP contribution >= 0.6 is 0 Å². The predicted molar refractivity (Wildman–Crippen MR) is 78.2 cm³/mol. The Kier molecular flexibility index (Phi) is 5.89. The molecular formula is C16H20FNO3. The van der Waals surface area contributed by atoms with E-state index >= 15 is 0 Å². The number of hydrogen-bond acceptors (Lipinski definition) is 3. The van der Waals surface area contributed by atoms with Gasteiger partial charge in [-0.2, -0.15) is 0 Å². The number of aliphatic hydroxyl groups excluding tert-OH is 1. The summed E-state index contributed by atoms with van der Waals surface area (Å²) in [6.07, 6.45) is 0.282. The molecule has 2 N–H and O–H groups in total. The third kappa shape index (κ3) is 5.54. The molecule has 0 saturated carbocycles. The molecule has 5 heteroatoms. The monoisotopic (exact) mass is 293 g/mol. The molecule has 1 aromatic rings. The maximum Gasteiger partial charge on any atom is 0.255 e. The lowest BCUT2D eigenvalue weighted by Gasteiger charge is -2.26. The van der Waals surface area contributed by atoms with Crippen molar-refractivity contribution < 1.29 is 19.4 Å². The largest absolute Gasteiger partial charge is 0.395 e. The fourth-order valence-electron chi connectivity index (χ4n) is 1.87. The van der Waals surface area contributed by atoms with Gasteiger partial charge in [0.15, 0.2) is 0 Å². The Bertz CT molecular complexity index is 567. The first-order valence-corrected chi connectivity index (χ1v) is 6.62. The number of hydrogen-bond donors (Lipinski definition) is 2. The summed E-state index contributed by atoms with van der Waals surface area (Å²) in [5, 5.41) is 18.5. The molecule has 0 aliphatic heterocycles. The summed E-state index contributed by atoms with van der Waals surface area (Å²) >= 11 is 0. The van der Waals surface area contributed by atoms with E-state index in [2.05, 4.69) is 11.8 Å². The van der Waals surface area contributed by atoms with Gasteiger partial charge in [-0.3, -0.25) is 4.79 Å². The van der Waals surface area contributed by atoms with Crippen molar-refractivity contribution >= 4 is 5.91 Å². The van der Waals surface area contributed by atoms with Crippen LogP contribution in [0.5, 0.6) is 0 Å². The highest BCUT2D eigenvalue weighted by atomic mass is 19.1. The zero-order chi connectivity index (χ0) is 16.0. The third-order valence-corrected chi connectivity index (χ3v) is 2.64. The average Bonchev–Trinajstić information content (AvgIpc) is 2.37. The minimum Gasteiger partial charge on any atom is -0.395 e. The van der Waals surface area contributed by atoms with Crippen molar-refractivity contribution in [1.29, 1.82) is 0 Å². The Morgan fingerprint density at radius 2 is 2.10 bits per heavy atom. The number of aliphatic hydroxyl groups is 2. The molecule has 0 unspecified atom stereocenters. The average molecular weight is 293 g/mol. The van der Waals surface area contributed by atoms with Crippen LogP contribution in [0.15, 0.2) is 18.2 Å². The van der Waals surface area contributed by atoms with Crippen molar-refractivity contribution in [2.24, 2.45) is 0 Å². The molecule has 0 heterocycles. The number of benzene rings is 1. The van der Waals surface area contributed by atoms with E-state index in [0.29, 0.717) is 5.56 Å². The fourth-order valence-corrected chi connectivity index (χ4v) is 1.87. The smallest absolute Gasteiger partial charge is 0.255 e. The van der Waals surface area contributed by atoms with Crippen molar-refractivity contribution in [2.75, 3.05) is 20.2 Å². The zero-order valence-electron chi connectivity index (χ0n) is 12.5. The number of likely N-dealkylation sites (N-methyl/N-ethyl adjacent to an activating group) is 1. The van der Waals surface area contributed by atoms with E-state index in [4.69, 9.17) is 5.11 Å². The Hall–Kier alpha value is -1.90. The van der Waals surface area contributed by atoms with Gasteiger partial charge in [0.25, 0.3) is 5.91 Å². The SMILES string of the molecule is CN(CC(C)(C)O)C(=O)c1cc(F)ccc1C#CCCO. The second-order valence-electron chi connectivity index (χ2n) is 5.44. The van der Waals surface area contributed by atoms with E-state index in [9.17, 15) is 14.3 Å². The molecule has 0 radical (unpaired) electrons. The number of amides is 1. The van der Waals surface area contributed by atoms with Crippen LogP contribution in [0, 0.1) is 17.7 Å². The molecule has 0 aromatic heterocycles. The van der Waals surface area contributed by atoms with E-state index < -0.39 is 17.3 Å². The van der Waals surface area contributed by atoms with Gasteiger partial charge >= 0.3 is 0 Å². The fraction of sp³-hybridized carbons (Fsp3) is 0.438. The Balaban J connectivity index is 3.08. The van der Waals surface area contributed by atoms with Crippen LogP contribution in [0.25, 0.3) is 0 Å². The minimum atomic E-state index is -1.04. The standard InChI is InChI=1S/C16H20FNO3/c1-16(2,21)11-18(3)15(20)14-10-13(17)8-7-12(14)6-4-5-9-19/h7-8,10,19,21H,5,9,11H2,1-3H3. The van der Waals surface area contributed by atoms with Gasteiger partial charge in [0.2, 0.25) is 0 Å². The highest BCUT2D eigenvalue weighted by Crippen LogP contribution is 2.14. The lowest BCUT2D eigenvalue weighted by Crippen LogP contribution is -2.40. The van der Waals surface area contributed by atoms with E-state index in [1.807, 2.05) is 0 Å². The molecule has 0 bridgehead atoms. The summed E-state index contributed by atoms with van der Waals surface area (Å²) in [5.74, 6) is 4.53. The van der Waals surface area contributed by atoms with Crippen LogP contribution in [-0.2, 0) is 0 Å². The maximum atomic E-state index is 13.4. The van der Waals surface area contributed by atoms with Crippen LogP contribution in [0.3, 0.4) is 0 Å². The highest BCUT2D eigenvalue weighted by molar-refractivity contribution is 5.96. The Labute approximate surface area is 124 Å². The lowest BCUT2D eigenvalue weighted by molar-refractivity contribution is 0.0367. The van der Waals surface area contributed by atoms with Crippen molar-refractivity contribution in [3.8, 4) is 11.8 Å². The number of nitrogens with zero attached hydrogens (tertiary/aromatic N) is 1. The van der Waals surface area contributed by atoms with Gasteiger partial charge in [-0.15, -0.1) is 0 Å². The van der Waals surface area contributed by atoms with E-state index in [0.717, 1.165) is 6.07 Å². The molecule has 114 valence electrons. The third-order valence-electron chi connectivity index (χ3n) is 2.64. The van der Waals surface area contributed by atoms with Crippen LogP contribution in [0.4, 0.5) is 4.39 Å². The topological polar surface area (TPSA) is 60.8 Å². The first kappa shape index (κ1) is 17.2. The summed E-state index contributed by atoms with van der Waals surface area (Å²) < 4.78 is 13.4. The molecule has 0 spiro atoms. The molecule has 1 aromatic carbocycles. The van der Waals surface area contributed by atoms with Gasteiger partial charge in [-0.25, -0.2) is 4.39 Å². The van der Waals surface area contributed by atoms with E-state index in [1.165, 1.54) is 24.1 Å². The van der Waals surface area contributed by atoms with Crippen molar-refractivity contribution in [2.45, 2.75) is 25.9 Å².